The maximum Gasteiger partial charge on any atom is 0.362 e. The van der Waals surface area contributed by atoms with Crippen LogP contribution in [0.4, 0.5) is 10.9 Å². The average molecular weight is 575 g/mol. The molecular formula is C18H22N8O10S2. The smallest absolute Gasteiger partial charge is 0.362 e. The van der Waals surface area contributed by atoms with Gasteiger partial charge in [-0.25, -0.2) is 23.6 Å². The number of hydrogen-bond acceptors (Lipinski definition) is 14. The molecule has 4 N–H and O–H groups in total. The van der Waals surface area contributed by atoms with E-state index in [-0.39, 0.29) is 34.1 Å². The molecule has 0 radical (unpaired) electrons. The summed E-state index contributed by atoms with van der Waals surface area (Å²) in [6, 6.07) is -2.39. The van der Waals surface area contributed by atoms with Gasteiger partial charge in [-0.05, 0) is 18.8 Å². The van der Waals surface area contributed by atoms with Gasteiger partial charge in [0.2, 0.25) is 6.10 Å². The van der Waals surface area contributed by atoms with Crippen LogP contribution < -0.4 is 11.1 Å². The van der Waals surface area contributed by atoms with Crippen molar-refractivity contribution in [2.75, 3.05) is 12.3 Å². The summed E-state index contributed by atoms with van der Waals surface area (Å²) in [5.74, 6) is -2.91. The number of aryl methyl sites for hydroxylation is 1. The first-order chi connectivity index (χ1) is 17.7. The second kappa shape index (κ2) is 11.1. The van der Waals surface area contributed by atoms with E-state index in [0.29, 0.717) is 5.82 Å². The minimum absolute atomic E-state index is 0.0518. The molecule has 2 aromatic heterocycles. The zero-order chi connectivity index (χ0) is 28.4. The summed E-state index contributed by atoms with van der Waals surface area (Å²) in [6.07, 6.45) is -0.264. The van der Waals surface area contributed by atoms with E-state index >= 15 is 0 Å². The van der Waals surface area contributed by atoms with Crippen LogP contribution in [0.2, 0.25) is 0 Å². The molecule has 1 unspecified atom stereocenters. The first kappa shape index (κ1) is 28.4. The monoisotopic (exact) mass is 574 g/mol. The van der Waals surface area contributed by atoms with Crippen molar-refractivity contribution in [1.29, 1.82) is 0 Å². The number of nitrogens with zero attached hydrogens (tertiary/aromatic N) is 6. The van der Waals surface area contributed by atoms with Gasteiger partial charge in [0.05, 0.1) is 6.04 Å². The maximum atomic E-state index is 12.8. The molecule has 0 aliphatic carbocycles. The first-order valence-corrected chi connectivity index (χ1v) is 12.9. The van der Waals surface area contributed by atoms with Crippen molar-refractivity contribution in [3.05, 3.63) is 33.2 Å². The molecule has 1 fully saturated rings. The summed E-state index contributed by atoms with van der Waals surface area (Å²) < 4.78 is 38.2. The van der Waals surface area contributed by atoms with Crippen LogP contribution in [0.15, 0.2) is 16.7 Å². The third-order valence-electron chi connectivity index (χ3n) is 5.26. The van der Waals surface area contributed by atoms with Crippen molar-refractivity contribution in [3.63, 3.8) is 0 Å². The number of nitrogen functional groups attached to an aromatic ring is 1. The fourth-order valence-corrected chi connectivity index (χ4v) is 4.75. The van der Waals surface area contributed by atoms with E-state index in [4.69, 9.17) is 19.9 Å². The van der Waals surface area contributed by atoms with Crippen molar-refractivity contribution in [2.45, 2.75) is 45.5 Å². The number of rotatable bonds is 11. The van der Waals surface area contributed by atoms with Gasteiger partial charge in [0, 0.05) is 12.3 Å². The number of thiazole rings is 1. The molecule has 18 nitrogen and oxygen atoms in total. The lowest BCUT2D eigenvalue weighted by Gasteiger charge is -2.42. The van der Waals surface area contributed by atoms with Gasteiger partial charge < -0.3 is 30.7 Å². The van der Waals surface area contributed by atoms with Crippen LogP contribution in [-0.2, 0) is 40.8 Å². The Labute approximate surface area is 218 Å². The van der Waals surface area contributed by atoms with Gasteiger partial charge in [-0.1, -0.05) is 5.16 Å². The van der Waals surface area contributed by atoms with Crippen LogP contribution in [0.25, 0.3) is 0 Å². The van der Waals surface area contributed by atoms with Crippen molar-refractivity contribution in [1.82, 2.24) is 24.2 Å². The topological polar surface area (TPSA) is 252 Å². The van der Waals surface area contributed by atoms with E-state index < -0.39 is 56.9 Å². The van der Waals surface area contributed by atoms with Crippen LogP contribution in [0.1, 0.15) is 25.4 Å². The van der Waals surface area contributed by atoms with Crippen molar-refractivity contribution >= 4 is 56.1 Å². The molecule has 3 atom stereocenters. The minimum atomic E-state index is -4.80. The Morgan fingerprint density at radius 1 is 1.45 bits per heavy atom. The number of hydrogen-bond donors (Lipinski definition) is 3. The lowest BCUT2D eigenvalue weighted by molar-refractivity contribution is -0.392. The van der Waals surface area contributed by atoms with Crippen LogP contribution in [0.3, 0.4) is 0 Å². The summed E-state index contributed by atoms with van der Waals surface area (Å²) in [5, 5.41) is 18.4. The average Bonchev–Trinajstić information content (AvgIpc) is 3.42. The highest BCUT2D eigenvalue weighted by atomic mass is 32.2. The molecule has 0 aromatic carbocycles. The van der Waals surface area contributed by atoms with Crippen molar-refractivity contribution < 1.29 is 41.9 Å². The third-order valence-corrected chi connectivity index (χ3v) is 6.95. The van der Waals surface area contributed by atoms with E-state index in [1.54, 1.807) is 6.92 Å². The largest absolute Gasteiger partial charge is 0.459 e. The third kappa shape index (κ3) is 6.03. The summed E-state index contributed by atoms with van der Waals surface area (Å²) in [4.78, 5) is 60.5. The van der Waals surface area contributed by atoms with Crippen LogP contribution in [-0.4, -0.2) is 85.0 Å². The molecule has 0 saturated carbocycles. The Morgan fingerprint density at radius 2 is 2.13 bits per heavy atom. The Kier molecular flexibility index (Phi) is 8.27. The molecule has 3 rings (SSSR count). The second-order valence-electron chi connectivity index (χ2n) is 7.80. The van der Waals surface area contributed by atoms with E-state index in [1.165, 1.54) is 23.8 Å². The summed E-state index contributed by atoms with van der Waals surface area (Å²) >= 11 is 0.964. The lowest BCUT2D eigenvalue weighted by atomic mass is 10.0. The van der Waals surface area contributed by atoms with E-state index in [9.17, 15) is 32.9 Å². The predicted octanol–water partition coefficient (Wildman–Crippen LogP) is -0.991. The van der Waals surface area contributed by atoms with Gasteiger partial charge >= 0.3 is 22.1 Å². The number of ether oxygens (including phenoxy) is 1. The lowest BCUT2D eigenvalue weighted by Crippen LogP contribution is -2.71. The molecule has 3 heterocycles. The molecule has 1 aliphatic rings. The van der Waals surface area contributed by atoms with Crippen molar-refractivity contribution in [3.8, 4) is 0 Å². The molecule has 0 bridgehead atoms. The van der Waals surface area contributed by atoms with Gasteiger partial charge in [0.1, 0.15) is 31.1 Å². The highest BCUT2D eigenvalue weighted by molar-refractivity contribution is 7.84. The quantitative estimate of drug-likeness (QED) is 0.0728. The second-order valence-corrected chi connectivity index (χ2v) is 9.98. The van der Waals surface area contributed by atoms with E-state index in [0.717, 1.165) is 17.5 Å². The Balaban J connectivity index is 1.65. The molecule has 0 spiro atoms. The zero-order valence-electron chi connectivity index (χ0n) is 20.0. The SMILES string of the molecule is Cc1ncc([N+](=O)[O-])n1CCOC(=O)C(C)O/N=C(\C(=O)N[C@@H]1C(=O)N(S(=O)(=O)O)[C@H]1C)c1csc(N)n1. The molecule has 2 amide bonds. The molecule has 20 heteroatoms. The molecule has 1 saturated heterocycles. The number of amides is 2. The molecule has 206 valence electrons. The van der Waals surface area contributed by atoms with Crippen LogP contribution in [0.5, 0.6) is 0 Å². The minimum Gasteiger partial charge on any atom is -0.459 e. The van der Waals surface area contributed by atoms with Gasteiger partial charge in [0.15, 0.2) is 16.7 Å². The molecular weight excluding hydrogens is 552 g/mol. The number of esters is 1. The van der Waals surface area contributed by atoms with E-state index in [1.807, 2.05) is 0 Å². The van der Waals surface area contributed by atoms with Crippen LogP contribution in [0, 0.1) is 17.0 Å². The number of carbonyl (C=O) groups is 3. The number of β-lactam (4-membered cyclic amide) rings is 1. The number of nitrogens with two attached hydrogens (primary N) is 1. The molecule has 1 aliphatic heterocycles. The number of carbonyl (C=O) groups excluding carboxylic acids is 3. The van der Waals surface area contributed by atoms with Gasteiger partial charge in [-0.3, -0.25) is 14.1 Å². The van der Waals surface area contributed by atoms with Crippen molar-refractivity contribution in [2.24, 2.45) is 5.16 Å². The Morgan fingerprint density at radius 3 is 2.68 bits per heavy atom. The number of oxime groups is 1. The van der Waals surface area contributed by atoms with Gasteiger partial charge in [-0.2, -0.15) is 8.42 Å². The van der Waals surface area contributed by atoms with Gasteiger partial charge in [-0.15, -0.1) is 11.3 Å². The summed E-state index contributed by atoms with van der Waals surface area (Å²) in [7, 11) is -4.80. The molecule has 38 heavy (non-hydrogen) atoms. The standard InChI is InChI=1S/C18H22N8O10S2/c1-8-13(16(28)25(8)38(32,33)34)22-15(27)14(11-7-37-18(19)21-11)23-36-9(2)17(29)35-5-4-24-10(3)20-6-12(24)26(30)31/h6-9,13H,4-5H2,1-3H3,(H2,19,21)(H,22,27)(H,32,33,34)/b23-14-/t8-,9?,13-/m0/s1. The number of imidazole rings is 1. The van der Waals surface area contributed by atoms with Crippen LogP contribution >= 0.6 is 11.3 Å². The predicted molar refractivity (Wildman–Crippen MR) is 128 cm³/mol. The normalized spacial score (nSPS) is 18.5. The summed E-state index contributed by atoms with van der Waals surface area (Å²) in [6.45, 7) is 3.79. The fraction of sp³-hybridized carbons (Fsp3) is 0.444. The number of aromatic nitrogens is 3. The number of nitro groups is 1. The first-order valence-electron chi connectivity index (χ1n) is 10.6. The number of anilines is 1. The Hall–Kier alpha value is -4.17. The van der Waals surface area contributed by atoms with E-state index in [2.05, 4.69) is 20.4 Å². The Bertz CT molecular complexity index is 1400. The zero-order valence-corrected chi connectivity index (χ0v) is 21.6. The maximum absolute atomic E-state index is 12.8. The fourth-order valence-electron chi connectivity index (χ4n) is 3.32. The molecule has 2 aromatic rings. The van der Waals surface area contributed by atoms with Gasteiger partial charge in [0.25, 0.3) is 11.8 Å². The highest BCUT2D eigenvalue weighted by Gasteiger charge is 2.51. The summed E-state index contributed by atoms with van der Waals surface area (Å²) in [5.41, 5.74) is 5.07. The number of nitrogens with one attached hydrogen (secondary N) is 1. The highest BCUT2D eigenvalue weighted by Crippen LogP contribution is 2.23.